The number of hydrogen-bond donors (Lipinski definition) is 0. The molecule has 0 aromatic rings. The second-order valence-electron chi connectivity index (χ2n) is 7.67. The number of hydrogen-bond acceptors (Lipinski definition) is 2. The van der Waals surface area contributed by atoms with E-state index in [-0.39, 0.29) is 17.0 Å². The van der Waals surface area contributed by atoms with Crippen LogP contribution in [0.15, 0.2) is 12.2 Å². The van der Waals surface area contributed by atoms with Crippen molar-refractivity contribution in [2.45, 2.75) is 59.0 Å². The van der Waals surface area contributed by atoms with Gasteiger partial charge in [-0.3, -0.25) is 0 Å². The molecule has 2 heteroatoms. The van der Waals surface area contributed by atoms with Crippen LogP contribution in [-0.4, -0.2) is 11.6 Å². The van der Waals surface area contributed by atoms with Crippen LogP contribution in [0, 0.1) is 22.7 Å². The van der Waals surface area contributed by atoms with Gasteiger partial charge in [-0.1, -0.05) is 13.5 Å². The van der Waals surface area contributed by atoms with Gasteiger partial charge in [-0.2, -0.15) is 0 Å². The molecule has 0 aliphatic heterocycles. The quantitative estimate of drug-likeness (QED) is 0.562. The van der Waals surface area contributed by atoms with Gasteiger partial charge in [0, 0.05) is 11.0 Å². The van der Waals surface area contributed by atoms with E-state index >= 15 is 0 Å². The van der Waals surface area contributed by atoms with Gasteiger partial charge in [0.1, 0.15) is 5.60 Å². The van der Waals surface area contributed by atoms with Crippen LogP contribution >= 0.6 is 0 Å². The van der Waals surface area contributed by atoms with Gasteiger partial charge in [0.25, 0.3) is 0 Å². The molecule has 3 aliphatic carbocycles. The maximum atomic E-state index is 11.8. The van der Waals surface area contributed by atoms with Crippen LogP contribution in [0.4, 0.5) is 0 Å². The molecule has 100 valence electrons. The van der Waals surface area contributed by atoms with Gasteiger partial charge in [0.05, 0.1) is 0 Å². The minimum absolute atomic E-state index is 0.144. The third kappa shape index (κ3) is 1.38. The number of fused-ring (bicyclic) bond motifs is 1. The van der Waals surface area contributed by atoms with Crippen molar-refractivity contribution in [2.24, 2.45) is 22.7 Å². The fourth-order valence-electron chi connectivity index (χ4n) is 4.72. The lowest BCUT2D eigenvalue weighted by molar-refractivity contribution is -0.170. The first-order chi connectivity index (χ1) is 8.20. The third-order valence-electron chi connectivity index (χ3n) is 6.27. The van der Waals surface area contributed by atoms with Crippen molar-refractivity contribution in [3.8, 4) is 0 Å². The first-order valence-electron chi connectivity index (χ1n) is 7.09. The SMILES string of the molecule is C=C(C)C(=O)OC(C)(C)C1(C)CC23CC2CC1C3. The second kappa shape index (κ2) is 3.20. The number of carbonyl (C=O) groups excluding carboxylic acids is 1. The minimum Gasteiger partial charge on any atom is -0.456 e. The molecule has 4 unspecified atom stereocenters. The highest BCUT2D eigenvalue weighted by Crippen LogP contribution is 2.79. The molecule has 0 saturated heterocycles. The van der Waals surface area contributed by atoms with E-state index in [9.17, 15) is 4.79 Å². The smallest absolute Gasteiger partial charge is 0.333 e. The van der Waals surface area contributed by atoms with E-state index in [1.807, 2.05) is 0 Å². The lowest BCUT2D eigenvalue weighted by Crippen LogP contribution is -2.48. The molecule has 3 rings (SSSR count). The van der Waals surface area contributed by atoms with Gasteiger partial charge in [-0.25, -0.2) is 4.79 Å². The fraction of sp³-hybridized carbons (Fsp3) is 0.812. The molecule has 0 radical (unpaired) electrons. The highest BCUT2D eigenvalue weighted by molar-refractivity contribution is 5.87. The molecule has 2 nitrogen and oxygen atoms in total. The Morgan fingerprint density at radius 3 is 2.39 bits per heavy atom. The molecule has 0 aromatic carbocycles. The zero-order valence-corrected chi connectivity index (χ0v) is 12.0. The van der Waals surface area contributed by atoms with E-state index in [4.69, 9.17) is 4.74 Å². The lowest BCUT2D eigenvalue weighted by atomic mass is 9.65. The first-order valence-corrected chi connectivity index (χ1v) is 7.09. The maximum absolute atomic E-state index is 11.8. The van der Waals surface area contributed by atoms with Gasteiger partial charge in [-0.05, 0) is 63.7 Å². The van der Waals surface area contributed by atoms with Crippen molar-refractivity contribution in [1.29, 1.82) is 0 Å². The molecule has 0 aromatic heterocycles. The van der Waals surface area contributed by atoms with Crippen LogP contribution in [0.25, 0.3) is 0 Å². The summed E-state index contributed by atoms with van der Waals surface area (Å²) in [5.74, 6) is 1.49. The average Bonchev–Trinajstić information content (AvgIpc) is 2.67. The molecule has 3 aliphatic rings. The van der Waals surface area contributed by atoms with Crippen LogP contribution in [0.1, 0.15) is 53.4 Å². The molecule has 0 heterocycles. The maximum Gasteiger partial charge on any atom is 0.333 e. The third-order valence-corrected chi connectivity index (χ3v) is 6.27. The van der Waals surface area contributed by atoms with Crippen molar-refractivity contribution in [3.05, 3.63) is 12.2 Å². The van der Waals surface area contributed by atoms with Crippen LogP contribution in [0.5, 0.6) is 0 Å². The van der Waals surface area contributed by atoms with E-state index in [0.717, 1.165) is 11.8 Å². The van der Waals surface area contributed by atoms with E-state index in [0.29, 0.717) is 11.0 Å². The van der Waals surface area contributed by atoms with Crippen molar-refractivity contribution in [2.75, 3.05) is 0 Å². The van der Waals surface area contributed by atoms with E-state index in [1.54, 1.807) is 6.92 Å². The molecule has 0 N–H and O–H groups in total. The van der Waals surface area contributed by atoms with Crippen LogP contribution in [0.2, 0.25) is 0 Å². The predicted octanol–water partition coefficient (Wildman–Crippen LogP) is 3.71. The van der Waals surface area contributed by atoms with Crippen LogP contribution < -0.4 is 0 Å². The Morgan fingerprint density at radius 2 is 1.94 bits per heavy atom. The number of carbonyl (C=O) groups is 1. The summed E-state index contributed by atoms with van der Waals surface area (Å²) in [5.41, 5.74) is 0.889. The monoisotopic (exact) mass is 248 g/mol. The molecular weight excluding hydrogens is 224 g/mol. The highest BCUT2D eigenvalue weighted by Gasteiger charge is 2.73. The van der Waals surface area contributed by atoms with Crippen molar-refractivity contribution >= 4 is 5.97 Å². The average molecular weight is 248 g/mol. The topological polar surface area (TPSA) is 26.3 Å². The summed E-state index contributed by atoms with van der Waals surface area (Å²) < 4.78 is 5.76. The summed E-state index contributed by atoms with van der Waals surface area (Å²) in [4.78, 5) is 11.8. The molecule has 1 spiro atoms. The molecule has 4 atom stereocenters. The van der Waals surface area contributed by atoms with Gasteiger partial charge in [-0.15, -0.1) is 0 Å². The zero-order chi connectivity index (χ0) is 13.3. The number of esters is 1. The lowest BCUT2D eigenvalue weighted by Gasteiger charge is -2.46. The zero-order valence-electron chi connectivity index (χ0n) is 12.0. The Morgan fingerprint density at radius 1 is 1.33 bits per heavy atom. The molecular formula is C16H24O2. The Bertz CT molecular complexity index is 436. The first kappa shape index (κ1) is 12.3. The molecule has 2 bridgehead atoms. The number of ether oxygens (including phenoxy) is 1. The van der Waals surface area contributed by atoms with Gasteiger partial charge >= 0.3 is 5.97 Å². The largest absolute Gasteiger partial charge is 0.456 e. The Kier molecular flexibility index (Phi) is 2.18. The standard InChI is InChI=1S/C16H24O2/c1-10(2)13(17)18-14(3,4)15(5)9-16-7-11(15)6-12(16)8-16/h11-12H,1,6-9H2,2-5H3. The van der Waals surface area contributed by atoms with E-state index in [1.165, 1.54) is 25.7 Å². The van der Waals surface area contributed by atoms with Gasteiger partial charge in [0.2, 0.25) is 0 Å². The molecule has 18 heavy (non-hydrogen) atoms. The van der Waals surface area contributed by atoms with E-state index in [2.05, 4.69) is 27.4 Å². The normalized spacial score (nSPS) is 44.7. The van der Waals surface area contributed by atoms with Gasteiger partial charge < -0.3 is 4.74 Å². The summed E-state index contributed by atoms with van der Waals surface area (Å²) in [6.07, 6.45) is 5.38. The summed E-state index contributed by atoms with van der Waals surface area (Å²) in [6, 6.07) is 0. The Labute approximate surface area is 110 Å². The highest BCUT2D eigenvalue weighted by atomic mass is 16.6. The molecule has 3 saturated carbocycles. The molecule has 3 fully saturated rings. The number of rotatable bonds is 3. The van der Waals surface area contributed by atoms with Crippen molar-refractivity contribution < 1.29 is 9.53 Å². The Hall–Kier alpha value is -0.790. The fourth-order valence-corrected chi connectivity index (χ4v) is 4.72. The second-order valence-corrected chi connectivity index (χ2v) is 7.67. The van der Waals surface area contributed by atoms with Crippen molar-refractivity contribution in [1.82, 2.24) is 0 Å². The van der Waals surface area contributed by atoms with Gasteiger partial charge in [0.15, 0.2) is 0 Å². The predicted molar refractivity (Wildman–Crippen MR) is 71.0 cm³/mol. The van der Waals surface area contributed by atoms with Crippen LogP contribution in [-0.2, 0) is 9.53 Å². The summed E-state index contributed by atoms with van der Waals surface area (Å²) in [7, 11) is 0. The van der Waals surface area contributed by atoms with Crippen LogP contribution in [0.3, 0.4) is 0 Å². The summed E-state index contributed by atoms with van der Waals surface area (Å²) in [6.45, 7) is 11.9. The Balaban J connectivity index is 1.81. The van der Waals surface area contributed by atoms with Crippen molar-refractivity contribution in [3.63, 3.8) is 0 Å². The summed E-state index contributed by atoms with van der Waals surface area (Å²) in [5, 5.41) is 0. The molecule has 0 amide bonds. The minimum atomic E-state index is -0.384. The summed E-state index contributed by atoms with van der Waals surface area (Å²) >= 11 is 0. The van der Waals surface area contributed by atoms with E-state index < -0.39 is 0 Å².